The van der Waals surface area contributed by atoms with E-state index in [-0.39, 0.29) is 31.4 Å². The second-order valence-corrected chi connectivity index (χ2v) is 15.1. The van der Waals surface area contributed by atoms with Crippen molar-refractivity contribution in [3.63, 3.8) is 0 Å². The van der Waals surface area contributed by atoms with E-state index in [2.05, 4.69) is 5.32 Å². The number of aliphatic hydroxyl groups is 1. The Morgan fingerprint density at radius 1 is 1.17 bits per heavy atom. The number of hydrogen-bond acceptors (Lipinski definition) is 6. The summed E-state index contributed by atoms with van der Waals surface area (Å²) in [6.45, 7) is 5.21. The SMILES string of the molecule is COc1ccc2c(c1)[C@@]1(O[C@H](CCO)[C@@H]([Si](C)(C)F)[C@@H]1C)C(=O)N2Cc1cccc(NC(=O)c2ccc(N)cc2)c1. The third-order valence-electron chi connectivity index (χ3n) is 8.28. The summed E-state index contributed by atoms with van der Waals surface area (Å²) in [4.78, 5) is 28.8. The summed E-state index contributed by atoms with van der Waals surface area (Å²) >= 11 is 0. The van der Waals surface area contributed by atoms with Gasteiger partial charge < -0.3 is 34.6 Å². The lowest BCUT2D eigenvalue weighted by Gasteiger charge is -2.31. The van der Waals surface area contributed by atoms with E-state index in [1.165, 1.54) is 0 Å². The Morgan fingerprint density at radius 3 is 2.56 bits per heavy atom. The van der Waals surface area contributed by atoms with Gasteiger partial charge in [-0.2, -0.15) is 0 Å². The number of nitrogen functional groups attached to an aromatic ring is 1. The van der Waals surface area contributed by atoms with E-state index >= 15 is 4.11 Å². The first-order valence-corrected chi connectivity index (χ1v) is 16.7. The Labute approximate surface area is 240 Å². The van der Waals surface area contributed by atoms with E-state index in [1.807, 2.05) is 31.2 Å². The van der Waals surface area contributed by atoms with Gasteiger partial charge in [0.2, 0.25) is 8.41 Å². The van der Waals surface area contributed by atoms with E-state index in [4.69, 9.17) is 15.2 Å². The van der Waals surface area contributed by atoms with Crippen molar-refractivity contribution < 1.29 is 28.3 Å². The van der Waals surface area contributed by atoms with Crippen LogP contribution in [0.5, 0.6) is 5.75 Å². The zero-order valence-corrected chi connectivity index (χ0v) is 24.7. The molecule has 216 valence electrons. The van der Waals surface area contributed by atoms with Crippen molar-refractivity contribution in [1.82, 2.24) is 0 Å². The number of rotatable bonds is 8. The number of ether oxygens (including phenoxy) is 2. The van der Waals surface area contributed by atoms with Crippen LogP contribution in [0.4, 0.5) is 21.2 Å². The van der Waals surface area contributed by atoms with E-state index < -0.39 is 31.6 Å². The van der Waals surface area contributed by atoms with Crippen LogP contribution in [0.25, 0.3) is 0 Å². The molecule has 10 heteroatoms. The second-order valence-electron chi connectivity index (χ2n) is 11.3. The summed E-state index contributed by atoms with van der Waals surface area (Å²) in [5.74, 6) is -0.435. The lowest BCUT2D eigenvalue weighted by atomic mass is 9.82. The average molecular weight is 578 g/mol. The third-order valence-corrected chi connectivity index (χ3v) is 10.7. The maximum atomic E-state index is 15.7. The molecule has 8 nitrogen and oxygen atoms in total. The monoisotopic (exact) mass is 577 g/mol. The van der Waals surface area contributed by atoms with E-state index in [1.54, 1.807) is 67.6 Å². The van der Waals surface area contributed by atoms with Gasteiger partial charge in [0, 0.05) is 40.6 Å². The van der Waals surface area contributed by atoms with Crippen LogP contribution in [0, 0.1) is 5.92 Å². The molecule has 0 bridgehead atoms. The number of benzene rings is 3. The maximum Gasteiger partial charge on any atom is 0.264 e. The average Bonchev–Trinajstić information content (AvgIpc) is 3.35. The van der Waals surface area contributed by atoms with Crippen LogP contribution < -0.4 is 20.7 Å². The highest BCUT2D eigenvalue weighted by Gasteiger charge is 2.66. The normalized spacial score (nSPS) is 23.6. The molecule has 41 heavy (non-hydrogen) atoms. The van der Waals surface area contributed by atoms with Crippen LogP contribution in [0.15, 0.2) is 66.7 Å². The number of halogens is 1. The number of nitrogens with zero attached hydrogens (tertiary/aromatic N) is 1. The Hall–Kier alpha value is -3.73. The zero-order valence-electron chi connectivity index (χ0n) is 23.7. The van der Waals surface area contributed by atoms with Crippen LogP contribution in [0.2, 0.25) is 18.6 Å². The minimum absolute atomic E-state index is 0.161. The van der Waals surface area contributed by atoms with Gasteiger partial charge in [0.25, 0.3) is 11.8 Å². The molecule has 3 aromatic carbocycles. The molecule has 0 saturated carbocycles. The summed E-state index contributed by atoms with van der Waals surface area (Å²) in [6, 6.07) is 19.4. The Morgan fingerprint density at radius 2 is 1.90 bits per heavy atom. The van der Waals surface area contributed by atoms with Crippen molar-refractivity contribution in [3.8, 4) is 5.75 Å². The Balaban J connectivity index is 1.48. The fourth-order valence-electron chi connectivity index (χ4n) is 6.48. The van der Waals surface area contributed by atoms with Gasteiger partial charge >= 0.3 is 0 Å². The molecule has 2 heterocycles. The van der Waals surface area contributed by atoms with Crippen LogP contribution in [-0.2, 0) is 21.7 Å². The molecule has 1 spiro atoms. The van der Waals surface area contributed by atoms with Crippen molar-refractivity contribution in [1.29, 1.82) is 0 Å². The highest BCUT2D eigenvalue weighted by Crippen LogP contribution is 2.60. The number of carbonyl (C=O) groups is 2. The number of aliphatic hydroxyl groups excluding tert-OH is 1. The summed E-state index contributed by atoms with van der Waals surface area (Å²) in [5, 5.41) is 12.7. The molecular weight excluding hydrogens is 541 g/mol. The minimum atomic E-state index is -3.29. The molecular formula is C31H36FN3O5Si. The molecule has 2 amide bonds. The van der Waals surface area contributed by atoms with Gasteiger partial charge in [0.1, 0.15) is 5.75 Å². The van der Waals surface area contributed by atoms with E-state index in [0.29, 0.717) is 33.9 Å². The van der Waals surface area contributed by atoms with E-state index in [0.717, 1.165) is 5.56 Å². The molecule has 1 fully saturated rings. The molecule has 2 aliphatic heterocycles. The molecule has 3 aromatic rings. The first-order valence-electron chi connectivity index (χ1n) is 13.7. The van der Waals surface area contributed by atoms with Gasteiger partial charge in [0.15, 0.2) is 5.60 Å². The fraction of sp³-hybridized carbons (Fsp3) is 0.355. The Kier molecular flexibility index (Phi) is 7.67. The number of methoxy groups -OCH3 is 1. The van der Waals surface area contributed by atoms with Gasteiger partial charge in [-0.1, -0.05) is 19.1 Å². The first kappa shape index (κ1) is 28.8. The van der Waals surface area contributed by atoms with Gasteiger partial charge in [0.05, 0.1) is 25.4 Å². The standard InChI is InChI=1S/C31H36FN3O5Si/c1-19-28(41(3,4)32)27(14-15-36)40-31(19)25-17-24(39-2)12-13-26(25)35(30(31)38)18-20-6-5-7-23(16-20)34-29(37)21-8-10-22(33)11-9-21/h5-13,16-17,19,27-28,36H,14-15,18,33H2,1-4H3,(H,34,37)/t19-,27+,28-,31+/m0/s1. The number of nitrogens with one attached hydrogen (secondary N) is 1. The summed E-state index contributed by atoms with van der Waals surface area (Å²) in [7, 11) is -1.73. The van der Waals surface area contributed by atoms with Crippen molar-refractivity contribution in [2.75, 3.05) is 29.7 Å². The topological polar surface area (TPSA) is 114 Å². The predicted molar refractivity (Wildman–Crippen MR) is 159 cm³/mol. The van der Waals surface area contributed by atoms with Gasteiger partial charge in [-0.25, -0.2) is 0 Å². The molecule has 0 aromatic heterocycles. The molecule has 0 aliphatic carbocycles. The fourth-order valence-corrected chi connectivity index (χ4v) is 9.02. The maximum absolute atomic E-state index is 15.7. The van der Waals surface area contributed by atoms with E-state index in [9.17, 15) is 14.7 Å². The van der Waals surface area contributed by atoms with Gasteiger partial charge in [-0.05, 0) is 79.7 Å². The number of carbonyl (C=O) groups excluding carboxylic acids is 2. The summed E-state index contributed by atoms with van der Waals surface area (Å²) in [6.07, 6.45) is -0.337. The van der Waals surface area contributed by atoms with Crippen LogP contribution in [0.3, 0.4) is 0 Å². The van der Waals surface area contributed by atoms with Crippen molar-refractivity contribution in [3.05, 3.63) is 83.4 Å². The quantitative estimate of drug-likeness (QED) is 0.192. The minimum Gasteiger partial charge on any atom is -0.497 e. The van der Waals surface area contributed by atoms with Crippen LogP contribution in [0.1, 0.15) is 34.8 Å². The molecule has 5 rings (SSSR count). The van der Waals surface area contributed by atoms with Gasteiger partial charge in [-0.3, -0.25) is 9.59 Å². The summed E-state index contributed by atoms with van der Waals surface area (Å²) < 4.78 is 27.8. The smallest absolute Gasteiger partial charge is 0.264 e. The number of hydrogen-bond donors (Lipinski definition) is 3. The van der Waals surface area contributed by atoms with Crippen molar-refractivity contribution in [2.45, 2.75) is 50.2 Å². The lowest BCUT2D eigenvalue weighted by Crippen LogP contribution is -2.45. The molecule has 1 saturated heterocycles. The predicted octanol–water partition coefficient (Wildman–Crippen LogP) is 5.23. The largest absolute Gasteiger partial charge is 0.497 e. The van der Waals surface area contributed by atoms with Gasteiger partial charge in [-0.15, -0.1) is 0 Å². The number of nitrogens with two attached hydrogens (primary N) is 1. The highest BCUT2D eigenvalue weighted by molar-refractivity contribution is 6.72. The number of fused-ring (bicyclic) bond motifs is 2. The molecule has 4 atom stereocenters. The van der Waals surface area contributed by atoms with Crippen molar-refractivity contribution in [2.24, 2.45) is 5.92 Å². The Bertz CT molecular complexity index is 1460. The second kappa shape index (κ2) is 10.9. The summed E-state index contributed by atoms with van der Waals surface area (Å²) in [5.41, 5.74) is 7.59. The third kappa shape index (κ3) is 5.11. The lowest BCUT2D eigenvalue weighted by molar-refractivity contribution is -0.146. The molecule has 4 N–H and O–H groups in total. The van der Waals surface area contributed by atoms with Crippen LogP contribution in [-0.4, -0.2) is 45.1 Å². The molecule has 0 radical (unpaired) electrons. The van der Waals surface area contributed by atoms with Crippen LogP contribution >= 0.6 is 0 Å². The molecule has 2 aliphatic rings. The number of amides is 2. The zero-order chi connectivity index (χ0) is 29.5. The number of anilines is 3. The highest BCUT2D eigenvalue weighted by atomic mass is 28.4. The van der Waals surface area contributed by atoms with Crippen molar-refractivity contribution >= 4 is 37.3 Å². The first-order chi connectivity index (χ1) is 19.5. The molecule has 0 unspecified atom stereocenters.